The summed E-state index contributed by atoms with van der Waals surface area (Å²) in [6, 6.07) is 13.5. The van der Waals surface area contributed by atoms with E-state index in [0.717, 1.165) is 44.2 Å². The van der Waals surface area contributed by atoms with Crippen LogP contribution in [0.15, 0.2) is 59.3 Å². The number of nitrogens with zero attached hydrogens (tertiary/aromatic N) is 4. The molecule has 1 atom stereocenters. The molecule has 1 aliphatic heterocycles. The molecule has 1 saturated heterocycles. The Balaban J connectivity index is 1.30. The molecule has 156 valence electrons. The molecule has 1 unspecified atom stereocenters. The first kappa shape index (κ1) is 20.1. The van der Waals surface area contributed by atoms with Crippen LogP contribution in [0.25, 0.3) is 11.3 Å². The second-order valence-electron chi connectivity index (χ2n) is 7.66. The van der Waals surface area contributed by atoms with Crippen LogP contribution in [0.3, 0.4) is 0 Å². The number of hydrogen-bond acceptors (Lipinski definition) is 6. The van der Waals surface area contributed by atoms with E-state index < -0.39 is 0 Å². The van der Waals surface area contributed by atoms with E-state index in [4.69, 9.17) is 4.42 Å². The average molecular weight is 406 g/mol. The number of amides is 1. The van der Waals surface area contributed by atoms with Crippen LogP contribution in [0.1, 0.15) is 23.0 Å². The Labute approximate surface area is 176 Å². The molecule has 2 aromatic heterocycles. The molecule has 1 N–H and O–H groups in total. The number of carbonyl (C=O) groups excluding carboxylic acids is 1. The van der Waals surface area contributed by atoms with Crippen LogP contribution in [0.2, 0.25) is 0 Å². The Kier molecular flexibility index (Phi) is 6.09. The van der Waals surface area contributed by atoms with Gasteiger partial charge < -0.3 is 14.6 Å². The number of rotatable bonds is 6. The van der Waals surface area contributed by atoms with E-state index in [2.05, 4.69) is 25.1 Å². The monoisotopic (exact) mass is 405 g/mol. The Morgan fingerprint density at radius 1 is 1.10 bits per heavy atom. The molecule has 1 aromatic carbocycles. The Hall–Kier alpha value is -3.19. The maximum atomic E-state index is 12.8. The molecule has 7 nitrogen and oxygen atoms in total. The molecule has 0 bridgehead atoms. The summed E-state index contributed by atoms with van der Waals surface area (Å²) >= 11 is 0. The minimum Gasteiger partial charge on any atom is -0.461 e. The predicted molar refractivity (Wildman–Crippen MR) is 116 cm³/mol. The first-order valence-corrected chi connectivity index (χ1v) is 10.3. The zero-order valence-corrected chi connectivity index (χ0v) is 17.4. The topological polar surface area (TPSA) is 74.5 Å². The molecule has 0 saturated carbocycles. The number of benzene rings is 1. The first-order valence-electron chi connectivity index (χ1n) is 10.3. The molecular formula is C23H27N5O2. The van der Waals surface area contributed by atoms with E-state index in [9.17, 15) is 4.79 Å². The summed E-state index contributed by atoms with van der Waals surface area (Å²) in [5, 5.41) is 3.11. The lowest BCUT2D eigenvalue weighted by atomic mass is 10.1. The summed E-state index contributed by atoms with van der Waals surface area (Å²) in [5.41, 5.74) is 1.56. The predicted octanol–water partition coefficient (Wildman–Crippen LogP) is 2.99. The van der Waals surface area contributed by atoms with Crippen molar-refractivity contribution in [2.45, 2.75) is 19.9 Å². The van der Waals surface area contributed by atoms with Crippen molar-refractivity contribution in [3.05, 3.63) is 66.2 Å². The van der Waals surface area contributed by atoms with Crippen LogP contribution in [0.4, 0.5) is 5.95 Å². The van der Waals surface area contributed by atoms with Gasteiger partial charge in [0.1, 0.15) is 11.5 Å². The van der Waals surface area contributed by atoms with Gasteiger partial charge in [-0.15, -0.1) is 0 Å². The number of furan rings is 1. The van der Waals surface area contributed by atoms with Crippen LogP contribution in [-0.2, 0) is 0 Å². The highest BCUT2D eigenvalue weighted by Crippen LogP contribution is 2.25. The van der Waals surface area contributed by atoms with E-state index >= 15 is 0 Å². The third kappa shape index (κ3) is 4.68. The highest BCUT2D eigenvalue weighted by atomic mass is 16.3. The van der Waals surface area contributed by atoms with Gasteiger partial charge in [0.05, 0.1) is 5.56 Å². The van der Waals surface area contributed by atoms with E-state index in [1.165, 1.54) is 0 Å². The van der Waals surface area contributed by atoms with Crippen LogP contribution in [-0.4, -0.2) is 59.5 Å². The molecule has 30 heavy (non-hydrogen) atoms. The van der Waals surface area contributed by atoms with Gasteiger partial charge in [0.2, 0.25) is 5.95 Å². The lowest BCUT2D eigenvalue weighted by Gasteiger charge is -2.35. The largest absolute Gasteiger partial charge is 0.461 e. The molecule has 1 aliphatic rings. The van der Waals surface area contributed by atoms with E-state index in [0.29, 0.717) is 17.1 Å². The number of anilines is 1. The van der Waals surface area contributed by atoms with Crippen molar-refractivity contribution in [3.63, 3.8) is 0 Å². The van der Waals surface area contributed by atoms with Gasteiger partial charge >= 0.3 is 0 Å². The van der Waals surface area contributed by atoms with Gasteiger partial charge in [0.15, 0.2) is 0 Å². The molecule has 1 fully saturated rings. The molecule has 3 aromatic rings. The van der Waals surface area contributed by atoms with Crippen molar-refractivity contribution in [2.24, 2.45) is 0 Å². The van der Waals surface area contributed by atoms with E-state index in [-0.39, 0.29) is 11.9 Å². The number of nitrogens with one attached hydrogen (secondary N) is 1. The van der Waals surface area contributed by atoms with Gasteiger partial charge in [-0.3, -0.25) is 9.69 Å². The van der Waals surface area contributed by atoms with Crippen LogP contribution < -0.4 is 10.2 Å². The van der Waals surface area contributed by atoms with Gasteiger partial charge in [0.25, 0.3) is 5.91 Å². The second-order valence-corrected chi connectivity index (χ2v) is 7.66. The van der Waals surface area contributed by atoms with Crippen molar-refractivity contribution < 1.29 is 9.21 Å². The summed E-state index contributed by atoms with van der Waals surface area (Å²) in [6.45, 7) is 8.27. The number of piperazine rings is 1. The zero-order chi connectivity index (χ0) is 20.9. The summed E-state index contributed by atoms with van der Waals surface area (Å²) < 4.78 is 5.82. The maximum absolute atomic E-state index is 12.8. The van der Waals surface area contributed by atoms with Gasteiger partial charge in [-0.25, -0.2) is 9.97 Å². The summed E-state index contributed by atoms with van der Waals surface area (Å²) in [7, 11) is 0. The fourth-order valence-corrected chi connectivity index (χ4v) is 3.77. The molecule has 4 rings (SSSR count). The van der Waals surface area contributed by atoms with Gasteiger partial charge in [-0.2, -0.15) is 0 Å². The normalized spacial score (nSPS) is 15.7. The third-order valence-electron chi connectivity index (χ3n) is 5.34. The molecule has 0 aliphatic carbocycles. The lowest BCUT2D eigenvalue weighted by molar-refractivity contribution is 0.0926. The Morgan fingerprint density at radius 2 is 1.80 bits per heavy atom. The highest BCUT2D eigenvalue weighted by Gasteiger charge is 2.22. The Bertz CT molecular complexity index is 966. The van der Waals surface area contributed by atoms with E-state index in [1.54, 1.807) is 12.4 Å². The molecular weight excluding hydrogens is 378 g/mol. The smallest absolute Gasteiger partial charge is 0.255 e. The number of carbonyl (C=O) groups is 1. The minimum absolute atomic E-state index is 0.0338. The number of aryl methyl sites for hydroxylation is 1. The fraction of sp³-hybridized carbons (Fsp3) is 0.348. The van der Waals surface area contributed by atoms with Crippen molar-refractivity contribution in [1.82, 2.24) is 20.2 Å². The van der Waals surface area contributed by atoms with E-state index in [1.807, 2.05) is 56.3 Å². The second kappa shape index (κ2) is 9.09. The number of hydrogen-bond donors (Lipinski definition) is 1. The SMILES string of the molecule is Cc1oc(-c2ccccc2)cc1C(=O)NC(C)CN1CCN(c2ncccn2)CC1. The molecule has 1 amide bonds. The standard InChI is InChI=1S/C23H27N5O2/c1-17(16-27-11-13-28(14-12-27)23-24-9-6-10-25-23)26-22(29)20-15-21(30-18(20)2)19-7-4-3-5-8-19/h3-10,15,17H,11-14,16H2,1-2H3,(H,26,29). The summed E-state index contributed by atoms with van der Waals surface area (Å²) in [6.07, 6.45) is 3.54. The molecule has 3 heterocycles. The third-order valence-corrected chi connectivity index (χ3v) is 5.34. The molecule has 7 heteroatoms. The van der Waals surface area contributed by atoms with Crippen molar-refractivity contribution in [1.29, 1.82) is 0 Å². The van der Waals surface area contributed by atoms with Crippen molar-refractivity contribution in [2.75, 3.05) is 37.6 Å². The zero-order valence-electron chi connectivity index (χ0n) is 17.4. The molecule has 0 radical (unpaired) electrons. The van der Waals surface area contributed by atoms with Crippen LogP contribution >= 0.6 is 0 Å². The highest BCUT2D eigenvalue weighted by molar-refractivity contribution is 5.96. The van der Waals surface area contributed by atoms with Gasteiger partial charge in [-0.05, 0) is 26.0 Å². The van der Waals surface area contributed by atoms with Gasteiger partial charge in [-0.1, -0.05) is 30.3 Å². The first-order chi connectivity index (χ1) is 14.6. The van der Waals surface area contributed by atoms with Gasteiger partial charge in [0, 0.05) is 56.7 Å². The average Bonchev–Trinajstić information content (AvgIpc) is 3.17. The summed E-state index contributed by atoms with van der Waals surface area (Å²) in [5.74, 6) is 2.03. The van der Waals surface area contributed by atoms with Crippen LogP contribution in [0.5, 0.6) is 0 Å². The quantitative estimate of drug-likeness (QED) is 0.680. The summed E-state index contributed by atoms with van der Waals surface area (Å²) in [4.78, 5) is 26.0. The van der Waals surface area contributed by atoms with Crippen LogP contribution in [0, 0.1) is 6.92 Å². The number of aromatic nitrogens is 2. The Morgan fingerprint density at radius 3 is 2.50 bits per heavy atom. The minimum atomic E-state index is -0.0951. The lowest BCUT2D eigenvalue weighted by Crippen LogP contribution is -2.51. The maximum Gasteiger partial charge on any atom is 0.255 e. The molecule has 0 spiro atoms. The van der Waals surface area contributed by atoms with Crippen molar-refractivity contribution >= 4 is 11.9 Å². The fourth-order valence-electron chi connectivity index (χ4n) is 3.77. The van der Waals surface area contributed by atoms with Crippen molar-refractivity contribution in [3.8, 4) is 11.3 Å².